The average molecular weight is 518 g/mol. The molecule has 0 aliphatic carbocycles. The number of hydrogen-bond acceptors (Lipinski definition) is 2. The van der Waals surface area contributed by atoms with Gasteiger partial charge in [0, 0.05) is 52.1 Å². The first-order valence-electron chi connectivity index (χ1n) is 10.6. The van der Waals surface area contributed by atoms with Gasteiger partial charge in [-0.15, -0.1) is 24.0 Å². The van der Waals surface area contributed by atoms with Gasteiger partial charge in [0.05, 0.1) is 0 Å². The summed E-state index contributed by atoms with van der Waals surface area (Å²) >= 11 is 0. The predicted molar refractivity (Wildman–Crippen MR) is 132 cm³/mol. The first kappa shape index (κ1) is 22.6. The fourth-order valence-corrected chi connectivity index (χ4v) is 4.39. The van der Waals surface area contributed by atoms with E-state index in [1.54, 1.807) is 0 Å². The molecule has 1 amide bonds. The number of nitrogens with one attached hydrogen (secondary N) is 1. The SMILES string of the molecule is CN=C(NCc1cccc(CN2CCCC2=O)c1)N1CCC(c2ccccc2)C1.I. The number of likely N-dealkylation sites (tertiary alicyclic amines) is 2. The van der Waals surface area contributed by atoms with E-state index in [1.165, 1.54) is 16.7 Å². The van der Waals surface area contributed by atoms with Gasteiger partial charge in [0.15, 0.2) is 5.96 Å². The maximum atomic E-state index is 11.9. The summed E-state index contributed by atoms with van der Waals surface area (Å²) in [5.41, 5.74) is 3.82. The van der Waals surface area contributed by atoms with Gasteiger partial charge in [-0.25, -0.2) is 0 Å². The summed E-state index contributed by atoms with van der Waals surface area (Å²) in [5, 5.41) is 3.52. The molecule has 4 rings (SSSR count). The molecule has 2 saturated heterocycles. The van der Waals surface area contributed by atoms with Crippen molar-refractivity contribution in [3.05, 3.63) is 71.3 Å². The smallest absolute Gasteiger partial charge is 0.222 e. The number of amides is 1. The minimum Gasteiger partial charge on any atom is -0.352 e. The summed E-state index contributed by atoms with van der Waals surface area (Å²) in [6.45, 7) is 4.36. The number of benzene rings is 2. The van der Waals surface area contributed by atoms with Gasteiger partial charge in [0.25, 0.3) is 0 Å². The molecule has 2 aliphatic heterocycles. The van der Waals surface area contributed by atoms with Crippen molar-refractivity contribution < 1.29 is 4.79 Å². The lowest BCUT2D eigenvalue weighted by atomic mass is 9.99. The number of carbonyl (C=O) groups excluding carboxylic acids is 1. The summed E-state index contributed by atoms with van der Waals surface area (Å²) in [6, 6.07) is 19.3. The normalized spacial score (nSPS) is 19.2. The van der Waals surface area contributed by atoms with E-state index in [1.807, 2.05) is 11.9 Å². The highest BCUT2D eigenvalue weighted by atomic mass is 127. The Labute approximate surface area is 196 Å². The highest BCUT2D eigenvalue weighted by Gasteiger charge is 2.26. The van der Waals surface area contributed by atoms with E-state index in [9.17, 15) is 4.79 Å². The van der Waals surface area contributed by atoms with Crippen molar-refractivity contribution >= 4 is 35.8 Å². The summed E-state index contributed by atoms with van der Waals surface area (Å²) in [7, 11) is 1.85. The van der Waals surface area contributed by atoms with Crippen molar-refractivity contribution in [3.63, 3.8) is 0 Å². The Bertz CT molecular complexity index is 871. The van der Waals surface area contributed by atoms with Crippen LogP contribution >= 0.6 is 24.0 Å². The second kappa shape index (κ2) is 10.8. The molecular formula is C24H31IN4O. The molecule has 0 aromatic heterocycles. The summed E-state index contributed by atoms with van der Waals surface area (Å²) in [4.78, 5) is 20.7. The van der Waals surface area contributed by atoms with Crippen LogP contribution in [0.5, 0.6) is 0 Å². The molecule has 0 saturated carbocycles. The number of aliphatic imine (C=N–C) groups is 1. The molecule has 30 heavy (non-hydrogen) atoms. The van der Waals surface area contributed by atoms with Gasteiger partial charge in [0.2, 0.25) is 5.91 Å². The van der Waals surface area contributed by atoms with Crippen LogP contribution in [0.15, 0.2) is 59.6 Å². The number of carbonyl (C=O) groups is 1. The molecule has 2 aliphatic rings. The van der Waals surface area contributed by atoms with E-state index >= 15 is 0 Å². The first-order chi connectivity index (χ1) is 14.2. The molecule has 6 heteroatoms. The third-order valence-corrected chi connectivity index (χ3v) is 5.96. The minimum absolute atomic E-state index is 0. The predicted octanol–water partition coefficient (Wildman–Crippen LogP) is 3.99. The van der Waals surface area contributed by atoms with Gasteiger partial charge in [-0.2, -0.15) is 0 Å². The zero-order valence-electron chi connectivity index (χ0n) is 17.6. The summed E-state index contributed by atoms with van der Waals surface area (Å²) in [6.07, 6.45) is 2.83. The third-order valence-electron chi connectivity index (χ3n) is 5.96. The average Bonchev–Trinajstić information content (AvgIpc) is 3.39. The van der Waals surface area contributed by atoms with Gasteiger partial charge in [-0.1, -0.05) is 54.6 Å². The molecule has 2 aromatic rings. The van der Waals surface area contributed by atoms with Crippen LogP contribution in [0.1, 0.15) is 41.9 Å². The van der Waals surface area contributed by atoms with Gasteiger partial charge in [0.1, 0.15) is 0 Å². The maximum absolute atomic E-state index is 11.9. The molecule has 160 valence electrons. The van der Waals surface area contributed by atoms with E-state index in [0.29, 0.717) is 18.9 Å². The quantitative estimate of drug-likeness (QED) is 0.370. The zero-order valence-corrected chi connectivity index (χ0v) is 19.9. The van der Waals surface area contributed by atoms with Crippen molar-refractivity contribution in [2.24, 2.45) is 4.99 Å². The lowest BCUT2D eigenvalue weighted by molar-refractivity contribution is -0.128. The topological polar surface area (TPSA) is 47.9 Å². The van der Waals surface area contributed by atoms with Crippen LogP contribution in [0.4, 0.5) is 0 Å². The van der Waals surface area contributed by atoms with Gasteiger partial charge < -0.3 is 15.1 Å². The number of hydrogen-bond donors (Lipinski definition) is 1. The van der Waals surface area contributed by atoms with Crippen molar-refractivity contribution in [1.29, 1.82) is 0 Å². The van der Waals surface area contributed by atoms with Crippen LogP contribution in [-0.2, 0) is 17.9 Å². The lowest BCUT2D eigenvalue weighted by Crippen LogP contribution is -2.39. The molecular weight excluding hydrogens is 487 g/mol. The number of nitrogens with zero attached hydrogens (tertiary/aromatic N) is 3. The molecule has 5 nitrogen and oxygen atoms in total. The lowest BCUT2D eigenvalue weighted by Gasteiger charge is -2.22. The Morgan fingerprint density at radius 3 is 2.63 bits per heavy atom. The van der Waals surface area contributed by atoms with Crippen LogP contribution < -0.4 is 5.32 Å². The molecule has 2 heterocycles. The molecule has 0 bridgehead atoms. The van der Waals surface area contributed by atoms with Gasteiger partial charge in [-0.3, -0.25) is 9.79 Å². The summed E-state index contributed by atoms with van der Waals surface area (Å²) < 4.78 is 0. The maximum Gasteiger partial charge on any atom is 0.222 e. The third kappa shape index (κ3) is 5.53. The highest BCUT2D eigenvalue weighted by molar-refractivity contribution is 14.0. The Morgan fingerprint density at radius 2 is 1.90 bits per heavy atom. The van der Waals surface area contributed by atoms with Crippen LogP contribution in [0.25, 0.3) is 0 Å². The van der Waals surface area contributed by atoms with E-state index in [0.717, 1.165) is 45.0 Å². The first-order valence-corrected chi connectivity index (χ1v) is 10.6. The fourth-order valence-electron chi connectivity index (χ4n) is 4.39. The molecule has 1 unspecified atom stereocenters. The van der Waals surface area contributed by atoms with E-state index in [2.05, 4.69) is 69.8 Å². The largest absolute Gasteiger partial charge is 0.352 e. The standard InChI is InChI=1S/C24H30N4O.HI/c1-25-24(28-14-12-22(18-28)21-9-3-2-4-10-21)26-16-19-7-5-8-20(15-19)17-27-13-6-11-23(27)29;/h2-5,7-10,15,22H,6,11-14,16-18H2,1H3,(H,25,26);1H. The highest BCUT2D eigenvalue weighted by Crippen LogP contribution is 2.27. The number of halogens is 1. The fraction of sp³-hybridized carbons (Fsp3) is 0.417. The molecule has 2 fully saturated rings. The Balaban J connectivity index is 0.00000256. The van der Waals surface area contributed by atoms with E-state index in [-0.39, 0.29) is 29.9 Å². The zero-order chi connectivity index (χ0) is 20.1. The Kier molecular flexibility index (Phi) is 8.13. The van der Waals surface area contributed by atoms with Gasteiger partial charge >= 0.3 is 0 Å². The molecule has 2 aromatic carbocycles. The van der Waals surface area contributed by atoms with Crippen LogP contribution in [0, 0.1) is 0 Å². The molecule has 0 spiro atoms. The molecule has 0 radical (unpaired) electrons. The second-order valence-electron chi connectivity index (χ2n) is 7.98. The van der Waals surface area contributed by atoms with Crippen molar-refractivity contribution in [2.75, 3.05) is 26.7 Å². The van der Waals surface area contributed by atoms with Crippen molar-refractivity contribution in [1.82, 2.24) is 15.1 Å². The van der Waals surface area contributed by atoms with Gasteiger partial charge in [-0.05, 0) is 29.5 Å². The second-order valence-corrected chi connectivity index (χ2v) is 7.98. The summed E-state index contributed by atoms with van der Waals surface area (Å²) in [5.74, 6) is 1.80. The van der Waals surface area contributed by atoms with E-state index < -0.39 is 0 Å². The minimum atomic E-state index is 0. The number of rotatable bonds is 5. The van der Waals surface area contributed by atoms with Crippen molar-refractivity contribution in [3.8, 4) is 0 Å². The van der Waals surface area contributed by atoms with Crippen LogP contribution in [0.3, 0.4) is 0 Å². The Hall–Kier alpha value is -2.09. The van der Waals surface area contributed by atoms with E-state index in [4.69, 9.17) is 0 Å². The Morgan fingerprint density at radius 1 is 1.10 bits per heavy atom. The van der Waals surface area contributed by atoms with Crippen LogP contribution in [-0.4, -0.2) is 48.3 Å². The van der Waals surface area contributed by atoms with Crippen LogP contribution in [0.2, 0.25) is 0 Å². The molecule has 1 N–H and O–H groups in total. The monoisotopic (exact) mass is 518 g/mol. The number of guanidine groups is 1. The van der Waals surface area contributed by atoms with Crippen molar-refractivity contribution in [2.45, 2.75) is 38.3 Å². The molecule has 1 atom stereocenters.